The third kappa shape index (κ3) is 3.85. The molecule has 1 fully saturated rings. The van der Waals surface area contributed by atoms with E-state index >= 15 is 0 Å². The second kappa shape index (κ2) is 7.70. The van der Waals surface area contributed by atoms with Crippen molar-refractivity contribution in [3.63, 3.8) is 0 Å². The molecule has 6 nitrogen and oxygen atoms in total. The number of aliphatic hydroxyl groups excluding tert-OH is 1. The lowest BCUT2D eigenvalue weighted by molar-refractivity contribution is -0.141. The van der Waals surface area contributed by atoms with Crippen molar-refractivity contribution in [3.05, 3.63) is 36.4 Å². The summed E-state index contributed by atoms with van der Waals surface area (Å²) >= 11 is 0. The fourth-order valence-corrected chi connectivity index (χ4v) is 3.30. The first-order valence-corrected chi connectivity index (χ1v) is 8.64. The molecule has 3 atom stereocenters. The molecule has 6 heteroatoms. The van der Waals surface area contributed by atoms with Gasteiger partial charge in [0.05, 0.1) is 25.0 Å². The number of ether oxygens (including phenoxy) is 2. The maximum absolute atomic E-state index is 12.4. The zero-order chi connectivity index (χ0) is 17.8. The number of carbonyl (C=O) groups is 2. The van der Waals surface area contributed by atoms with Crippen molar-refractivity contribution in [1.29, 1.82) is 0 Å². The number of rotatable bonds is 7. The minimum atomic E-state index is -0.924. The number of hydrogen-bond acceptors (Lipinski definition) is 5. The predicted molar refractivity (Wildman–Crippen MR) is 91.2 cm³/mol. The van der Waals surface area contributed by atoms with Crippen molar-refractivity contribution in [2.24, 2.45) is 11.8 Å². The molecule has 0 bridgehead atoms. The second-order valence-corrected chi connectivity index (χ2v) is 6.31. The van der Waals surface area contributed by atoms with E-state index in [2.05, 4.69) is 0 Å². The topological polar surface area (TPSA) is 76.1 Å². The van der Waals surface area contributed by atoms with Crippen LogP contribution in [0, 0.1) is 11.8 Å². The third-order valence-corrected chi connectivity index (χ3v) is 4.57. The number of fused-ring (bicyclic) bond motifs is 1. The van der Waals surface area contributed by atoms with E-state index in [0.29, 0.717) is 25.2 Å². The van der Waals surface area contributed by atoms with Gasteiger partial charge in [0.1, 0.15) is 24.2 Å². The number of hydrogen-bond donors (Lipinski definition) is 1. The van der Waals surface area contributed by atoms with Crippen molar-refractivity contribution in [2.45, 2.75) is 25.9 Å². The van der Waals surface area contributed by atoms with Gasteiger partial charge in [0.2, 0.25) is 11.8 Å². The number of nitrogens with zero attached hydrogens (tertiary/aromatic N) is 1. The number of aliphatic hydroxyl groups is 1. The fourth-order valence-electron chi connectivity index (χ4n) is 3.30. The standard InChI is InChI=1S/C19H23NO5/c1-2-24-14-7-9-15(10-8-14)25-12-13(21)11-20-18(22)16-5-3-4-6-17(16)19(20)23/h3-4,7-10,13,16-17,21H,2,5-6,11-12H2,1H3. The minimum absolute atomic E-state index is 0.0125. The molecule has 1 N–H and O–H groups in total. The molecule has 1 heterocycles. The molecule has 2 amide bonds. The van der Waals surface area contributed by atoms with Crippen LogP contribution in [0.25, 0.3) is 0 Å². The summed E-state index contributed by atoms with van der Waals surface area (Å²) in [6, 6.07) is 7.08. The molecule has 3 unspecified atom stereocenters. The van der Waals surface area contributed by atoms with Crippen molar-refractivity contribution in [1.82, 2.24) is 4.90 Å². The summed E-state index contributed by atoms with van der Waals surface area (Å²) in [5.74, 6) is 0.451. The van der Waals surface area contributed by atoms with Crippen LogP contribution in [-0.4, -0.2) is 47.7 Å². The number of carbonyl (C=O) groups excluding carboxylic acids is 2. The molecule has 1 aliphatic carbocycles. The Bertz CT molecular complexity index is 628. The van der Waals surface area contributed by atoms with Gasteiger partial charge >= 0.3 is 0 Å². The van der Waals surface area contributed by atoms with Gasteiger partial charge in [-0.1, -0.05) is 12.2 Å². The van der Waals surface area contributed by atoms with Crippen molar-refractivity contribution < 1.29 is 24.2 Å². The summed E-state index contributed by atoms with van der Waals surface area (Å²) < 4.78 is 10.9. The number of likely N-dealkylation sites (tertiary alicyclic amines) is 1. The molecular formula is C19H23NO5. The van der Waals surface area contributed by atoms with E-state index in [9.17, 15) is 14.7 Å². The summed E-state index contributed by atoms with van der Waals surface area (Å²) in [5, 5.41) is 10.2. The molecule has 1 aliphatic heterocycles. The highest BCUT2D eigenvalue weighted by Gasteiger charge is 2.47. The normalized spacial score (nSPS) is 23.5. The summed E-state index contributed by atoms with van der Waals surface area (Å²) in [6.07, 6.45) is 4.17. The quantitative estimate of drug-likeness (QED) is 0.602. The SMILES string of the molecule is CCOc1ccc(OCC(O)CN2C(=O)C3CC=CCC3C2=O)cc1. The molecule has 0 radical (unpaired) electrons. The Balaban J connectivity index is 1.51. The van der Waals surface area contributed by atoms with Crippen LogP contribution in [0.2, 0.25) is 0 Å². The number of β-amino-alcohol motifs (C(OH)–C–C–N with tert-alkyl or cyclic N) is 1. The molecule has 1 aromatic carbocycles. The van der Waals surface area contributed by atoms with Crippen LogP contribution in [0.5, 0.6) is 11.5 Å². The van der Waals surface area contributed by atoms with E-state index in [1.165, 1.54) is 4.90 Å². The Morgan fingerprint density at radius 3 is 2.08 bits per heavy atom. The van der Waals surface area contributed by atoms with E-state index < -0.39 is 6.10 Å². The predicted octanol–water partition coefficient (Wildman–Crippen LogP) is 1.78. The zero-order valence-electron chi connectivity index (χ0n) is 14.3. The monoisotopic (exact) mass is 345 g/mol. The average molecular weight is 345 g/mol. The molecular weight excluding hydrogens is 322 g/mol. The Labute approximate surface area is 147 Å². The fraction of sp³-hybridized carbons (Fsp3) is 0.474. The Morgan fingerprint density at radius 1 is 1.04 bits per heavy atom. The number of benzene rings is 1. The highest BCUT2D eigenvalue weighted by Crippen LogP contribution is 2.35. The van der Waals surface area contributed by atoms with E-state index in [1.54, 1.807) is 24.3 Å². The van der Waals surface area contributed by atoms with E-state index in [1.807, 2.05) is 19.1 Å². The van der Waals surface area contributed by atoms with Gasteiger partial charge in [0.15, 0.2) is 0 Å². The first-order chi connectivity index (χ1) is 12.1. The highest BCUT2D eigenvalue weighted by atomic mass is 16.5. The first-order valence-electron chi connectivity index (χ1n) is 8.64. The van der Waals surface area contributed by atoms with Crippen LogP contribution < -0.4 is 9.47 Å². The molecule has 25 heavy (non-hydrogen) atoms. The summed E-state index contributed by atoms with van der Waals surface area (Å²) in [5.41, 5.74) is 0. The van der Waals surface area contributed by atoms with Gasteiger partial charge in [0.25, 0.3) is 0 Å². The van der Waals surface area contributed by atoms with Crippen LogP contribution in [0.1, 0.15) is 19.8 Å². The Morgan fingerprint density at radius 2 is 1.56 bits per heavy atom. The average Bonchev–Trinajstić information content (AvgIpc) is 2.87. The highest BCUT2D eigenvalue weighted by molar-refractivity contribution is 6.05. The second-order valence-electron chi connectivity index (χ2n) is 6.31. The van der Waals surface area contributed by atoms with Crippen molar-refractivity contribution in [2.75, 3.05) is 19.8 Å². The van der Waals surface area contributed by atoms with Crippen LogP contribution >= 0.6 is 0 Å². The van der Waals surface area contributed by atoms with E-state index in [0.717, 1.165) is 5.75 Å². The van der Waals surface area contributed by atoms with E-state index in [-0.39, 0.29) is 36.8 Å². The van der Waals surface area contributed by atoms with Gasteiger partial charge in [-0.15, -0.1) is 0 Å². The number of amides is 2. The minimum Gasteiger partial charge on any atom is -0.494 e. The maximum Gasteiger partial charge on any atom is 0.233 e. The van der Waals surface area contributed by atoms with Crippen LogP contribution in [-0.2, 0) is 9.59 Å². The van der Waals surface area contributed by atoms with Gasteiger partial charge in [0, 0.05) is 0 Å². The zero-order valence-corrected chi connectivity index (χ0v) is 14.3. The molecule has 1 saturated heterocycles. The lowest BCUT2D eigenvalue weighted by atomic mass is 9.85. The molecule has 134 valence electrons. The van der Waals surface area contributed by atoms with Crippen molar-refractivity contribution in [3.8, 4) is 11.5 Å². The Kier molecular flexibility index (Phi) is 5.38. The van der Waals surface area contributed by atoms with Gasteiger partial charge in [-0.3, -0.25) is 14.5 Å². The van der Waals surface area contributed by atoms with Gasteiger partial charge in [-0.2, -0.15) is 0 Å². The number of imide groups is 1. The molecule has 1 aromatic rings. The van der Waals surface area contributed by atoms with Gasteiger partial charge in [-0.25, -0.2) is 0 Å². The van der Waals surface area contributed by atoms with Crippen LogP contribution in [0.3, 0.4) is 0 Å². The van der Waals surface area contributed by atoms with Crippen LogP contribution in [0.15, 0.2) is 36.4 Å². The van der Waals surface area contributed by atoms with Crippen molar-refractivity contribution >= 4 is 11.8 Å². The molecule has 0 spiro atoms. The molecule has 3 rings (SSSR count). The van der Waals surface area contributed by atoms with E-state index in [4.69, 9.17) is 9.47 Å². The van der Waals surface area contributed by atoms with Gasteiger partial charge < -0.3 is 14.6 Å². The molecule has 2 aliphatic rings. The maximum atomic E-state index is 12.4. The first kappa shape index (κ1) is 17.5. The Hall–Kier alpha value is -2.34. The van der Waals surface area contributed by atoms with Gasteiger partial charge in [-0.05, 0) is 44.0 Å². The lowest BCUT2D eigenvalue weighted by Crippen LogP contribution is -2.40. The summed E-state index contributed by atoms with van der Waals surface area (Å²) in [7, 11) is 0. The van der Waals surface area contributed by atoms with Crippen LogP contribution in [0.4, 0.5) is 0 Å². The smallest absolute Gasteiger partial charge is 0.233 e. The molecule has 0 saturated carbocycles. The third-order valence-electron chi connectivity index (χ3n) is 4.57. The largest absolute Gasteiger partial charge is 0.494 e. The summed E-state index contributed by atoms with van der Waals surface area (Å²) in [4.78, 5) is 25.9. The molecule has 0 aromatic heterocycles. The lowest BCUT2D eigenvalue weighted by Gasteiger charge is -2.19. The number of allylic oxidation sites excluding steroid dienone is 2. The summed E-state index contributed by atoms with van der Waals surface area (Å²) in [6.45, 7) is 2.49.